The van der Waals surface area contributed by atoms with E-state index in [1.54, 1.807) is 54.6 Å². The maximum atomic E-state index is 12.2. The van der Waals surface area contributed by atoms with Gasteiger partial charge in [0.25, 0.3) is 5.91 Å². The first-order valence-corrected chi connectivity index (χ1v) is 7.66. The molecule has 0 aromatic heterocycles. The molecule has 2 aromatic carbocycles. The van der Waals surface area contributed by atoms with Gasteiger partial charge in [0.1, 0.15) is 0 Å². The van der Waals surface area contributed by atoms with Gasteiger partial charge in [-0.15, -0.1) is 0 Å². The average Bonchev–Trinajstić information content (AvgIpc) is 2.70. The Morgan fingerprint density at radius 1 is 0.923 bits per heavy atom. The van der Waals surface area contributed by atoms with Crippen molar-refractivity contribution < 1.29 is 24.3 Å². The van der Waals surface area contributed by atoms with Gasteiger partial charge < -0.3 is 4.74 Å². The van der Waals surface area contributed by atoms with Crippen LogP contribution in [-0.2, 0) is 9.53 Å². The maximum Gasteiger partial charge on any atom is 0.337 e. The van der Waals surface area contributed by atoms with Crippen molar-refractivity contribution in [2.75, 3.05) is 7.11 Å². The summed E-state index contributed by atoms with van der Waals surface area (Å²) in [4.78, 5) is 34.7. The van der Waals surface area contributed by atoms with E-state index in [9.17, 15) is 14.4 Å². The minimum atomic E-state index is -0.617. The van der Waals surface area contributed by atoms with Crippen LogP contribution >= 0.6 is 0 Å². The fraction of sp³-hybridized carbons (Fsp3) is 0.0500. The number of ether oxygens (including phenoxy) is 1. The highest BCUT2D eigenvalue weighted by Gasteiger charge is 2.08. The molecule has 26 heavy (non-hydrogen) atoms. The van der Waals surface area contributed by atoms with Crippen molar-refractivity contribution in [1.82, 2.24) is 5.48 Å². The number of esters is 1. The average molecular weight is 351 g/mol. The van der Waals surface area contributed by atoms with E-state index in [4.69, 9.17) is 5.21 Å². The van der Waals surface area contributed by atoms with Crippen LogP contribution < -0.4 is 5.48 Å². The molecule has 0 heterocycles. The zero-order chi connectivity index (χ0) is 18.9. The number of ketones is 1. The second-order valence-electron chi connectivity index (χ2n) is 5.25. The molecule has 2 rings (SSSR count). The maximum absolute atomic E-state index is 12.2. The zero-order valence-electron chi connectivity index (χ0n) is 14.0. The normalized spacial score (nSPS) is 10.8. The summed E-state index contributed by atoms with van der Waals surface area (Å²) in [6.45, 7) is 0. The van der Waals surface area contributed by atoms with Crippen LogP contribution in [0.15, 0.2) is 60.7 Å². The summed E-state index contributed by atoms with van der Waals surface area (Å²) >= 11 is 0. The van der Waals surface area contributed by atoms with Gasteiger partial charge in [-0.1, -0.05) is 42.5 Å². The van der Waals surface area contributed by atoms with Crippen LogP contribution in [0.2, 0.25) is 0 Å². The van der Waals surface area contributed by atoms with Crippen LogP contribution in [0.1, 0.15) is 31.8 Å². The third-order valence-corrected chi connectivity index (χ3v) is 3.47. The highest BCUT2D eigenvalue weighted by Crippen LogP contribution is 2.11. The van der Waals surface area contributed by atoms with Crippen molar-refractivity contribution in [3.8, 4) is 0 Å². The van der Waals surface area contributed by atoms with Crippen LogP contribution in [0.3, 0.4) is 0 Å². The summed E-state index contributed by atoms with van der Waals surface area (Å²) in [6.07, 6.45) is 5.81. The Balaban J connectivity index is 2.07. The summed E-state index contributed by atoms with van der Waals surface area (Å²) in [6, 6.07) is 13.4. The van der Waals surface area contributed by atoms with Crippen molar-refractivity contribution >= 4 is 29.8 Å². The molecule has 0 aliphatic carbocycles. The smallest absolute Gasteiger partial charge is 0.337 e. The minimum absolute atomic E-state index is 0.237. The molecule has 0 saturated heterocycles. The largest absolute Gasteiger partial charge is 0.465 e. The number of hydroxylamine groups is 1. The molecular formula is C20H17NO5. The highest BCUT2D eigenvalue weighted by atomic mass is 16.5. The molecule has 0 saturated carbocycles. The first kappa shape index (κ1) is 18.8. The summed E-state index contributed by atoms with van der Waals surface area (Å²) in [7, 11) is 1.28. The fourth-order valence-corrected chi connectivity index (χ4v) is 2.11. The van der Waals surface area contributed by atoms with Gasteiger partial charge in [0.05, 0.1) is 12.7 Å². The van der Waals surface area contributed by atoms with Crippen LogP contribution in [0.25, 0.3) is 12.2 Å². The monoisotopic (exact) mass is 351 g/mol. The molecule has 132 valence electrons. The molecule has 0 fully saturated rings. The molecule has 6 nitrogen and oxygen atoms in total. The van der Waals surface area contributed by atoms with Crippen LogP contribution in [0, 0.1) is 0 Å². The molecule has 1 amide bonds. The summed E-state index contributed by atoms with van der Waals surface area (Å²) < 4.78 is 4.64. The van der Waals surface area contributed by atoms with Crippen molar-refractivity contribution in [2.45, 2.75) is 0 Å². The molecule has 0 unspecified atom stereocenters. The molecule has 6 heteroatoms. The second kappa shape index (κ2) is 9.10. The van der Waals surface area contributed by atoms with Crippen molar-refractivity contribution in [1.29, 1.82) is 0 Å². The standard InChI is InChI=1S/C20H17NO5/c1-26-20(24)17-4-2-3-16(13-17)18(22)11-9-14-5-7-15(8-6-14)10-12-19(23)21-25/h2-13,25H,1H3,(H,21,23). The van der Waals surface area contributed by atoms with Crippen molar-refractivity contribution in [3.05, 3.63) is 82.9 Å². The Hall–Kier alpha value is -3.51. The first-order chi connectivity index (χ1) is 12.5. The van der Waals surface area contributed by atoms with Crippen LogP contribution in [-0.4, -0.2) is 30.0 Å². The Morgan fingerprint density at radius 3 is 2.08 bits per heavy atom. The molecule has 0 aliphatic heterocycles. The van der Waals surface area contributed by atoms with E-state index in [0.717, 1.165) is 11.1 Å². The molecule has 0 atom stereocenters. The number of hydrogen-bond acceptors (Lipinski definition) is 5. The van der Waals surface area contributed by atoms with E-state index in [1.807, 2.05) is 0 Å². The number of hydrogen-bond donors (Lipinski definition) is 2. The van der Waals surface area contributed by atoms with Gasteiger partial charge in [-0.2, -0.15) is 0 Å². The van der Waals surface area contributed by atoms with E-state index in [2.05, 4.69) is 4.74 Å². The second-order valence-corrected chi connectivity index (χ2v) is 5.25. The summed E-state index contributed by atoms with van der Waals surface area (Å²) in [5.74, 6) is -1.35. The summed E-state index contributed by atoms with van der Waals surface area (Å²) in [5, 5.41) is 8.42. The third kappa shape index (κ3) is 5.25. The first-order valence-electron chi connectivity index (χ1n) is 7.66. The molecular weight excluding hydrogens is 334 g/mol. The number of carbonyl (C=O) groups is 3. The van der Waals surface area contributed by atoms with E-state index >= 15 is 0 Å². The predicted octanol–water partition coefficient (Wildman–Crippen LogP) is 2.89. The van der Waals surface area contributed by atoms with E-state index in [1.165, 1.54) is 30.8 Å². The van der Waals surface area contributed by atoms with Crippen molar-refractivity contribution in [3.63, 3.8) is 0 Å². The molecule has 0 radical (unpaired) electrons. The lowest BCUT2D eigenvalue weighted by Gasteiger charge is -2.01. The zero-order valence-corrected chi connectivity index (χ0v) is 14.0. The molecule has 0 aliphatic rings. The quantitative estimate of drug-likeness (QED) is 0.274. The Bertz CT molecular complexity index is 866. The van der Waals surface area contributed by atoms with Gasteiger partial charge in [-0.25, -0.2) is 10.3 Å². The van der Waals surface area contributed by atoms with Gasteiger partial charge in [0.2, 0.25) is 0 Å². The van der Waals surface area contributed by atoms with Crippen molar-refractivity contribution in [2.24, 2.45) is 0 Å². The molecule has 2 aromatic rings. The van der Waals surface area contributed by atoms with E-state index < -0.39 is 11.9 Å². The number of allylic oxidation sites excluding steroid dienone is 1. The lowest BCUT2D eigenvalue weighted by molar-refractivity contribution is -0.124. The number of benzene rings is 2. The van der Waals surface area contributed by atoms with Gasteiger partial charge >= 0.3 is 5.97 Å². The topological polar surface area (TPSA) is 92.7 Å². The lowest BCUT2D eigenvalue weighted by atomic mass is 10.1. The predicted molar refractivity (Wildman–Crippen MR) is 96.6 cm³/mol. The van der Waals surface area contributed by atoms with Gasteiger partial charge in [0, 0.05) is 11.6 Å². The van der Waals surface area contributed by atoms with Gasteiger partial charge in [-0.3, -0.25) is 14.8 Å². The number of rotatable bonds is 6. The fourth-order valence-electron chi connectivity index (χ4n) is 2.11. The van der Waals surface area contributed by atoms with Crippen LogP contribution in [0.4, 0.5) is 0 Å². The number of amides is 1. The minimum Gasteiger partial charge on any atom is -0.465 e. The van der Waals surface area contributed by atoms with Gasteiger partial charge in [0.15, 0.2) is 5.78 Å². The Kier molecular flexibility index (Phi) is 6.59. The Morgan fingerprint density at radius 2 is 1.50 bits per heavy atom. The molecule has 0 spiro atoms. The SMILES string of the molecule is COC(=O)c1cccc(C(=O)C=Cc2ccc(C=CC(=O)NO)cc2)c1. The molecule has 2 N–H and O–H groups in total. The summed E-state index contributed by atoms with van der Waals surface area (Å²) in [5.41, 5.74) is 3.77. The van der Waals surface area contributed by atoms with E-state index in [-0.39, 0.29) is 5.78 Å². The lowest BCUT2D eigenvalue weighted by Crippen LogP contribution is -2.14. The van der Waals surface area contributed by atoms with Crippen LogP contribution in [0.5, 0.6) is 0 Å². The number of methoxy groups -OCH3 is 1. The number of carbonyl (C=O) groups excluding carboxylic acids is 3. The molecule has 0 bridgehead atoms. The highest BCUT2D eigenvalue weighted by molar-refractivity contribution is 6.08. The third-order valence-electron chi connectivity index (χ3n) is 3.47. The van der Waals surface area contributed by atoms with E-state index in [0.29, 0.717) is 11.1 Å². The number of nitrogens with one attached hydrogen (secondary N) is 1. The van der Waals surface area contributed by atoms with Gasteiger partial charge in [-0.05, 0) is 35.4 Å². The Labute approximate surface area is 150 Å².